The fourth-order valence-corrected chi connectivity index (χ4v) is 3.66. The summed E-state index contributed by atoms with van der Waals surface area (Å²) >= 11 is 1.94. The van der Waals surface area contributed by atoms with E-state index in [1.165, 1.54) is 32.5 Å². The molecule has 3 heterocycles. The number of nitrogens with one attached hydrogen (secondary N) is 1. The lowest BCUT2D eigenvalue weighted by Gasteiger charge is -2.33. The highest BCUT2D eigenvalue weighted by molar-refractivity contribution is 7.10. The molecule has 0 saturated carbocycles. The first-order valence-electron chi connectivity index (χ1n) is 5.46. The second-order valence-electron chi connectivity index (χ2n) is 4.17. The summed E-state index contributed by atoms with van der Waals surface area (Å²) in [7, 11) is 0. The summed E-state index contributed by atoms with van der Waals surface area (Å²) in [6, 6.07) is 2.98. The zero-order valence-electron chi connectivity index (χ0n) is 8.74. The second-order valence-corrected chi connectivity index (χ2v) is 5.12. The van der Waals surface area contributed by atoms with E-state index >= 15 is 0 Å². The molecule has 0 radical (unpaired) electrons. The van der Waals surface area contributed by atoms with Gasteiger partial charge in [0, 0.05) is 24.5 Å². The first kappa shape index (κ1) is 11.4. The van der Waals surface area contributed by atoms with Crippen LogP contribution in [0.15, 0.2) is 11.4 Å². The molecular weight excluding hydrogens is 228 g/mol. The second kappa shape index (κ2) is 4.83. The van der Waals surface area contributed by atoms with Crippen LogP contribution in [-0.4, -0.2) is 31.1 Å². The molecule has 2 aliphatic rings. The van der Waals surface area contributed by atoms with Gasteiger partial charge in [0.1, 0.15) is 0 Å². The van der Waals surface area contributed by atoms with Crippen molar-refractivity contribution < 1.29 is 0 Å². The Labute approximate surface area is 101 Å². The fourth-order valence-electron chi connectivity index (χ4n) is 2.57. The van der Waals surface area contributed by atoms with Crippen molar-refractivity contribution in [2.24, 2.45) is 0 Å². The van der Waals surface area contributed by atoms with Crippen LogP contribution in [0.3, 0.4) is 0 Å². The molecule has 84 valence electrons. The molecule has 0 spiro atoms. The van der Waals surface area contributed by atoms with Crippen molar-refractivity contribution in [3.63, 3.8) is 0 Å². The number of nitrogens with zero attached hydrogens (tertiary/aromatic N) is 1. The summed E-state index contributed by atoms with van der Waals surface area (Å²) in [5.41, 5.74) is 1.60. The van der Waals surface area contributed by atoms with Crippen LogP contribution in [0.1, 0.15) is 22.9 Å². The summed E-state index contributed by atoms with van der Waals surface area (Å²) < 4.78 is 0. The van der Waals surface area contributed by atoms with Crippen LogP contribution in [0.4, 0.5) is 0 Å². The highest BCUT2D eigenvalue weighted by Gasteiger charge is 2.28. The lowest BCUT2D eigenvalue weighted by molar-refractivity contribution is 0.202. The third-order valence-electron chi connectivity index (χ3n) is 3.33. The third-order valence-corrected chi connectivity index (χ3v) is 4.39. The Hall–Kier alpha value is -0.0900. The van der Waals surface area contributed by atoms with Crippen LogP contribution >= 0.6 is 23.7 Å². The minimum atomic E-state index is 0. The third kappa shape index (κ3) is 2.07. The van der Waals surface area contributed by atoms with Crippen molar-refractivity contribution in [3.05, 3.63) is 21.9 Å². The van der Waals surface area contributed by atoms with Crippen molar-refractivity contribution in [2.75, 3.05) is 26.2 Å². The maximum Gasteiger partial charge on any atom is 0.0569 e. The van der Waals surface area contributed by atoms with E-state index in [4.69, 9.17) is 0 Å². The molecule has 0 amide bonds. The summed E-state index contributed by atoms with van der Waals surface area (Å²) in [6.45, 7) is 4.87. The molecule has 0 aromatic carbocycles. The summed E-state index contributed by atoms with van der Waals surface area (Å²) in [5.74, 6) is 0. The number of fused-ring (bicyclic) bond motifs is 3. The molecular formula is C11H17ClN2S. The van der Waals surface area contributed by atoms with Crippen molar-refractivity contribution >= 4 is 23.7 Å². The van der Waals surface area contributed by atoms with E-state index in [0.717, 1.165) is 6.54 Å². The molecule has 1 N–H and O–H groups in total. The normalized spacial score (nSPS) is 26.0. The van der Waals surface area contributed by atoms with E-state index in [2.05, 4.69) is 21.7 Å². The minimum Gasteiger partial charge on any atom is -0.315 e. The van der Waals surface area contributed by atoms with E-state index in [9.17, 15) is 0 Å². The molecule has 2 aliphatic heterocycles. The van der Waals surface area contributed by atoms with Crippen LogP contribution in [0, 0.1) is 0 Å². The maximum atomic E-state index is 3.54. The van der Waals surface area contributed by atoms with Gasteiger partial charge in [-0.3, -0.25) is 4.90 Å². The molecule has 1 aromatic heterocycles. The van der Waals surface area contributed by atoms with Gasteiger partial charge in [0.2, 0.25) is 0 Å². The number of hydrogen-bond acceptors (Lipinski definition) is 3. The molecule has 1 unspecified atom stereocenters. The molecule has 1 saturated heterocycles. The Balaban J connectivity index is 0.000000853. The van der Waals surface area contributed by atoms with Crippen molar-refractivity contribution in [1.29, 1.82) is 0 Å². The molecule has 15 heavy (non-hydrogen) atoms. The van der Waals surface area contributed by atoms with Gasteiger partial charge < -0.3 is 5.32 Å². The zero-order chi connectivity index (χ0) is 9.38. The van der Waals surface area contributed by atoms with Gasteiger partial charge in [-0.05, 0) is 36.4 Å². The van der Waals surface area contributed by atoms with Crippen LogP contribution in [0.2, 0.25) is 0 Å². The average molecular weight is 245 g/mol. The van der Waals surface area contributed by atoms with E-state index in [1.54, 1.807) is 10.4 Å². The first-order valence-corrected chi connectivity index (χ1v) is 6.34. The van der Waals surface area contributed by atoms with E-state index in [1.807, 2.05) is 11.3 Å². The van der Waals surface area contributed by atoms with Crippen molar-refractivity contribution in [1.82, 2.24) is 10.2 Å². The highest BCUT2D eigenvalue weighted by atomic mass is 35.5. The Morgan fingerprint density at radius 3 is 3.27 bits per heavy atom. The van der Waals surface area contributed by atoms with Gasteiger partial charge in [-0.25, -0.2) is 0 Å². The van der Waals surface area contributed by atoms with Gasteiger partial charge >= 0.3 is 0 Å². The van der Waals surface area contributed by atoms with E-state index < -0.39 is 0 Å². The first-order chi connectivity index (χ1) is 6.95. The number of thiophene rings is 1. The highest BCUT2D eigenvalue weighted by Crippen LogP contribution is 2.34. The smallest absolute Gasteiger partial charge is 0.0569 e. The summed E-state index contributed by atoms with van der Waals surface area (Å²) in [5, 5.41) is 5.79. The van der Waals surface area contributed by atoms with Gasteiger partial charge in [-0.2, -0.15) is 0 Å². The van der Waals surface area contributed by atoms with Crippen LogP contribution in [0.5, 0.6) is 0 Å². The minimum absolute atomic E-state index is 0. The van der Waals surface area contributed by atoms with Crippen LogP contribution in [0.25, 0.3) is 0 Å². The topological polar surface area (TPSA) is 15.3 Å². The molecule has 1 aromatic rings. The number of rotatable bonds is 0. The van der Waals surface area contributed by atoms with Gasteiger partial charge in [-0.15, -0.1) is 23.7 Å². The SMILES string of the molecule is Cl.c1cc2c(s1)C1CNCCCN1CC2. The summed E-state index contributed by atoms with van der Waals surface area (Å²) in [4.78, 5) is 4.27. The largest absolute Gasteiger partial charge is 0.315 e. The van der Waals surface area contributed by atoms with E-state index in [0.29, 0.717) is 6.04 Å². The number of halogens is 1. The fraction of sp³-hybridized carbons (Fsp3) is 0.636. The average Bonchev–Trinajstić information content (AvgIpc) is 2.55. The van der Waals surface area contributed by atoms with Crippen LogP contribution in [-0.2, 0) is 6.42 Å². The van der Waals surface area contributed by atoms with Crippen LogP contribution < -0.4 is 5.32 Å². The monoisotopic (exact) mass is 244 g/mol. The quantitative estimate of drug-likeness (QED) is 0.752. The van der Waals surface area contributed by atoms with Gasteiger partial charge in [0.25, 0.3) is 0 Å². The predicted molar refractivity (Wildman–Crippen MR) is 67.1 cm³/mol. The Morgan fingerprint density at radius 2 is 2.33 bits per heavy atom. The number of hydrogen-bond donors (Lipinski definition) is 1. The maximum absolute atomic E-state index is 3.54. The summed E-state index contributed by atoms with van der Waals surface area (Å²) in [6.07, 6.45) is 2.56. The Kier molecular flexibility index (Phi) is 3.67. The Bertz CT molecular complexity index is 326. The van der Waals surface area contributed by atoms with Gasteiger partial charge in [-0.1, -0.05) is 0 Å². The lowest BCUT2D eigenvalue weighted by Crippen LogP contribution is -2.37. The van der Waals surface area contributed by atoms with Gasteiger partial charge in [0.15, 0.2) is 0 Å². The molecule has 2 nitrogen and oxygen atoms in total. The molecule has 0 aliphatic carbocycles. The van der Waals surface area contributed by atoms with Crippen molar-refractivity contribution in [2.45, 2.75) is 18.9 Å². The molecule has 1 atom stereocenters. The molecule has 3 rings (SSSR count). The zero-order valence-corrected chi connectivity index (χ0v) is 10.4. The van der Waals surface area contributed by atoms with Crippen molar-refractivity contribution in [3.8, 4) is 0 Å². The Morgan fingerprint density at radius 1 is 1.40 bits per heavy atom. The lowest BCUT2D eigenvalue weighted by atomic mass is 10.0. The standard InChI is InChI=1S/C11H16N2S.ClH/c1-4-12-8-10-11-9(3-7-14-11)2-6-13(10)5-1;/h3,7,10,12H,1-2,4-6,8H2;1H. The van der Waals surface area contributed by atoms with Gasteiger partial charge in [0.05, 0.1) is 6.04 Å². The predicted octanol–water partition coefficient (Wildman–Crippen LogP) is 2.06. The molecule has 4 heteroatoms. The molecule has 1 fully saturated rings. The van der Waals surface area contributed by atoms with E-state index in [-0.39, 0.29) is 12.4 Å². The molecule has 0 bridgehead atoms.